The van der Waals surface area contributed by atoms with E-state index < -0.39 is 6.04 Å². The van der Waals surface area contributed by atoms with E-state index in [2.05, 4.69) is 26.2 Å². The summed E-state index contributed by atoms with van der Waals surface area (Å²) < 4.78 is 12.3. The molecule has 0 saturated heterocycles. The average Bonchev–Trinajstić information content (AvgIpc) is 3.21. The van der Waals surface area contributed by atoms with Crippen molar-refractivity contribution in [2.45, 2.75) is 19.9 Å². The predicted molar refractivity (Wildman–Crippen MR) is 112 cm³/mol. The van der Waals surface area contributed by atoms with Crippen LogP contribution in [0.2, 0.25) is 0 Å². The molecule has 9 nitrogen and oxygen atoms in total. The summed E-state index contributed by atoms with van der Waals surface area (Å²) >= 11 is 0. The molecule has 1 aromatic heterocycles. The summed E-state index contributed by atoms with van der Waals surface area (Å²) in [4.78, 5) is 13.4. The van der Waals surface area contributed by atoms with Gasteiger partial charge in [-0.1, -0.05) is 34.9 Å². The molecule has 4 rings (SSSR count). The van der Waals surface area contributed by atoms with E-state index in [1.807, 2.05) is 38.1 Å². The largest absolute Gasteiger partial charge is 0.497 e. The number of allylic oxidation sites excluding steroid dienone is 1. The number of hydrogen-bond acceptors (Lipinski definition) is 7. The first-order valence-corrected chi connectivity index (χ1v) is 9.37. The minimum atomic E-state index is -0.478. The van der Waals surface area contributed by atoms with Gasteiger partial charge in [0.2, 0.25) is 5.95 Å². The Morgan fingerprint density at radius 1 is 1.10 bits per heavy atom. The zero-order valence-corrected chi connectivity index (χ0v) is 17.1. The molecule has 0 radical (unpaired) electrons. The lowest BCUT2D eigenvalue weighted by Gasteiger charge is -2.28. The van der Waals surface area contributed by atoms with Crippen LogP contribution in [0.15, 0.2) is 53.7 Å². The molecule has 154 valence electrons. The Morgan fingerprint density at radius 2 is 1.87 bits per heavy atom. The quantitative estimate of drug-likeness (QED) is 0.671. The van der Waals surface area contributed by atoms with Gasteiger partial charge >= 0.3 is 0 Å². The van der Waals surface area contributed by atoms with Crippen LogP contribution in [0, 0.1) is 6.92 Å². The van der Waals surface area contributed by atoms with Gasteiger partial charge in [-0.15, -0.1) is 0 Å². The van der Waals surface area contributed by atoms with Crippen molar-refractivity contribution in [1.29, 1.82) is 0 Å². The standard InChI is InChI=1S/C21H22N6O3/c1-12-5-7-14(8-6-12)19-18(13(2)22-21-24-25-26-27(19)21)20(28)23-16-11-15(29-3)9-10-17(16)30-4/h5-11,19H,1-4H3,(H,23,28)(H,22,24,26). The van der Waals surface area contributed by atoms with Gasteiger partial charge in [-0.25, -0.2) is 0 Å². The molecule has 0 saturated carbocycles. The number of aromatic nitrogens is 4. The molecule has 3 aromatic rings. The highest BCUT2D eigenvalue weighted by atomic mass is 16.5. The van der Waals surface area contributed by atoms with E-state index in [-0.39, 0.29) is 5.91 Å². The number of anilines is 2. The molecule has 1 atom stereocenters. The highest BCUT2D eigenvalue weighted by Crippen LogP contribution is 2.36. The average molecular weight is 406 g/mol. The summed E-state index contributed by atoms with van der Waals surface area (Å²) in [5.41, 5.74) is 3.70. The van der Waals surface area contributed by atoms with Crippen LogP contribution in [-0.2, 0) is 4.79 Å². The van der Waals surface area contributed by atoms with Gasteiger partial charge in [0, 0.05) is 11.8 Å². The monoisotopic (exact) mass is 406 g/mol. The fourth-order valence-corrected chi connectivity index (χ4v) is 3.46. The summed E-state index contributed by atoms with van der Waals surface area (Å²) in [6, 6.07) is 12.7. The van der Waals surface area contributed by atoms with E-state index in [1.54, 1.807) is 37.1 Å². The normalized spacial score (nSPS) is 15.3. The van der Waals surface area contributed by atoms with Crippen LogP contribution in [0.4, 0.5) is 11.6 Å². The number of carbonyl (C=O) groups excluding carboxylic acids is 1. The van der Waals surface area contributed by atoms with Gasteiger partial charge in [-0.05, 0) is 42.0 Å². The first-order chi connectivity index (χ1) is 14.5. The molecule has 0 fully saturated rings. The molecular weight excluding hydrogens is 384 g/mol. The van der Waals surface area contributed by atoms with Crippen LogP contribution >= 0.6 is 0 Å². The summed E-state index contributed by atoms with van der Waals surface area (Å²) in [7, 11) is 3.12. The molecule has 2 heterocycles. The third kappa shape index (κ3) is 3.45. The van der Waals surface area contributed by atoms with Crippen LogP contribution in [0.1, 0.15) is 24.1 Å². The summed E-state index contributed by atoms with van der Waals surface area (Å²) in [5, 5.41) is 17.9. The predicted octanol–water partition coefficient (Wildman–Crippen LogP) is 2.93. The number of methoxy groups -OCH3 is 2. The van der Waals surface area contributed by atoms with Crippen molar-refractivity contribution >= 4 is 17.5 Å². The molecule has 0 spiro atoms. The summed E-state index contributed by atoms with van der Waals surface area (Å²) in [6.45, 7) is 3.84. The van der Waals surface area contributed by atoms with E-state index >= 15 is 0 Å². The number of carbonyl (C=O) groups is 1. The van der Waals surface area contributed by atoms with Crippen molar-refractivity contribution < 1.29 is 14.3 Å². The summed E-state index contributed by atoms with van der Waals surface area (Å²) in [6.07, 6.45) is 0. The number of benzene rings is 2. The Bertz CT molecular complexity index is 1120. The Morgan fingerprint density at radius 3 is 2.57 bits per heavy atom. The maximum absolute atomic E-state index is 13.4. The molecule has 1 aliphatic rings. The second kappa shape index (κ2) is 7.86. The van der Waals surface area contributed by atoms with Gasteiger partial charge in [0.05, 0.1) is 25.5 Å². The fraction of sp³-hybridized carbons (Fsp3) is 0.238. The van der Waals surface area contributed by atoms with Crippen molar-refractivity contribution in [3.63, 3.8) is 0 Å². The number of nitrogens with one attached hydrogen (secondary N) is 2. The smallest absolute Gasteiger partial charge is 0.255 e. The highest BCUT2D eigenvalue weighted by molar-refractivity contribution is 6.06. The molecule has 2 N–H and O–H groups in total. The zero-order chi connectivity index (χ0) is 21.3. The zero-order valence-electron chi connectivity index (χ0n) is 17.1. The van der Waals surface area contributed by atoms with E-state index in [9.17, 15) is 4.79 Å². The van der Waals surface area contributed by atoms with Crippen molar-refractivity contribution in [2.24, 2.45) is 0 Å². The van der Waals surface area contributed by atoms with Gasteiger partial charge in [-0.2, -0.15) is 4.68 Å². The van der Waals surface area contributed by atoms with Crippen LogP contribution < -0.4 is 20.1 Å². The van der Waals surface area contributed by atoms with Crippen molar-refractivity contribution in [1.82, 2.24) is 20.2 Å². The number of fused-ring (bicyclic) bond motifs is 1. The number of rotatable bonds is 5. The molecule has 30 heavy (non-hydrogen) atoms. The molecule has 9 heteroatoms. The van der Waals surface area contributed by atoms with Crippen molar-refractivity contribution in [3.8, 4) is 11.5 Å². The number of nitrogens with zero attached hydrogens (tertiary/aromatic N) is 4. The fourth-order valence-electron chi connectivity index (χ4n) is 3.46. The van der Waals surface area contributed by atoms with Crippen molar-refractivity contribution in [2.75, 3.05) is 24.9 Å². The first kappa shape index (κ1) is 19.4. The third-order valence-electron chi connectivity index (χ3n) is 5.01. The lowest BCUT2D eigenvalue weighted by Crippen LogP contribution is -2.31. The Kier molecular flexibility index (Phi) is 5.09. The van der Waals surface area contributed by atoms with E-state index in [0.29, 0.717) is 34.4 Å². The molecular formula is C21H22N6O3. The number of tetrazole rings is 1. The maximum atomic E-state index is 13.4. The molecule has 1 amide bonds. The van der Waals surface area contributed by atoms with E-state index in [1.165, 1.54) is 0 Å². The summed E-state index contributed by atoms with van der Waals surface area (Å²) in [5.74, 6) is 1.32. The third-order valence-corrected chi connectivity index (χ3v) is 5.01. The van der Waals surface area contributed by atoms with Crippen molar-refractivity contribution in [3.05, 3.63) is 64.9 Å². The van der Waals surface area contributed by atoms with Crippen LogP contribution in [-0.4, -0.2) is 40.3 Å². The SMILES string of the molecule is COc1ccc(OC)c(NC(=O)C2=C(C)Nc3nnnn3C2c2ccc(C)cc2)c1. The second-order valence-electron chi connectivity index (χ2n) is 6.94. The van der Waals surface area contributed by atoms with Gasteiger partial charge < -0.3 is 20.1 Å². The van der Waals surface area contributed by atoms with Crippen LogP contribution in [0.5, 0.6) is 11.5 Å². The molecule has 0 bridgehead atoms. The Hall–Kier alpha value is -3.88. The van der Waals surface area contributed by atoms with Gasteiger partial charge in [0.1, 0.15) is 17.5 Å². The number of aryl methyl sites for hydroxylation is 1. The van der Waals surface area contributed by atoms with E-state index in [4.69, 9.17) is 9.47 Å². The minimum Gasteiger partial charge on any atom is -0.497 e. The lowest BCUT2D eigenvalue weighted by atomic mass is 9.94. The number of ether oxygens (including phenoxy) is 2. The molecule has 2 aromatic carbocycles. The van der Waals surface area contributed by atoms with Crippen LogP contribution in [0.25, 0.3) is 0 Å². The second-order valence-corrected chi connectivity index (χ2v) is 6.94. The number of hydrogen-bond donors (Lipinski definition) is 2. The number of amides is 1. The van der Waals surface area contributed by atoms with Gasteiger partial charge in [-0.3, -0.25) is 4.79 Å². The molecule has 1 aliphatic heterocycles. The highest BCUT2D eigenvalue weighted by Gasteiger charge is 2.34. The first-order valence-electron chi connectivity index (χ1n) is 9.37. The Labute approximate surface area is 173 Å². The maximum Gasteiger partial charge on any atom is 0.255 e. The van der Waals surface area contributed by atoms with Gasteiger partial charge in [0.15, 0.2) is 0 Å². The Balaban J connectivity index is 1.75. The van der Waals surface area contributed by atoms with Gasteiger partial charge in [0.25, 0.3) is 5.91 Å². The molecule has 1 unspecified atom stereocenters. The topological polar surface area (TPSA) is 103 Å². The van der Waals surface area contributed by atoms with E-state index in [0.717, 1.165) is 11.1 Å². The molecule has 0 aliphatic carbocycles. The minimum absolute atomic E-state index is 0.293. The lowest BCUT2D eigenvalue weighted by molar-refractivity contribution is -0.113. The van der Waals surface area contributed by atoms with Crippen LogP contribution in [0.3, 0.4) is 0 Å².